The molecule has 0 spiro atoms. The largest absolute Gasteiger partial charge is 0.494 e. The van der Waals surface area contributed by atoms with Crippen LogP contribution in [0.2, 0.25) is 0 Å². The summed E-state index contributed by atoms with van der Waals surface area (Å²) >= 11 is 0. The van der Waals surface area contributed by atoms with Gasteiger partial charge in [0, 0.05) is 5.41 Å². The summed E-state index contributed by atoms with van der Waals surface area (Å²) in [6.07, 6.45) is 14.3. The number of ether oxygens (including phenoxy) is 2. The highest BCUT2D eigenvalue weighted by atomic mass is 16.5. The molecule has 1 saturated heterocycles. The first-order chi connectivity index (χ1) is 10.0. The van der Waals surface area contributed by atoms with Gasteiger partial charge in [-0.05, 0) is 49.8 Å². The van der Waals surface area contributed by atoms with Crippen molar-refractivity contribution in [2.45, 2.75) is 46.1 Å². The molecule has 21 heavy (non-hydrogen) atoms. The van der Waals surface area contributed by atoms with Crippen molar-refractivity contribution >= 4 is 0 Å². The zero-order valence-corrected chi connectivity index (χ0v) is 13.6. The lowest BCUT2D eigenvalue weighted by molar-refractivity contribution is -0.144. The van der Waals surface area contributed by atoms with E-state index in [1.807, 2.05) is 25.2 Å². The second-order valence-electron chi connectivity index (χ2n) is 6.74. The maximum atomic E-state index is 5.92. The van der Waals surface area contributed by atoms with E-state index in [2.05, 4.69) is 32.6 Å². The molecule has 1 aliphatic carbocycles. The molecule has 0 aromatic rings. The van der Waals surface area contributed by atoms with Crippen LogP contribution in [-0.2, 0) is 9.47 Å². The van der Waals surface area contributed by atoms with E-state index in [9.17, 15) is 0 Å². The van der Waals surface area contributed by atoms with E-state index in [0.29, 0.717) is 5.92 Å². The molecule has 2 unspecified atom stereocenters. The molecule has 0 amide bonds. The average Bonchev–Trinajstić information content (AvgIpc) is 2.47. The maximum absolute atomic E-state index is 5.92. The van der Waals surface area contributed by atoms with Crippen molar-refractivity contribution in [2.75, 3.05) is 13.2 Å². The average molecular weight is 288 g/mol. The van der Waals surface area contributed by atoms with E-state index in [0.717, 1.165) is 31.0 Å². The second-order valence-corrected chi connectivity index (χ2v) is 6.74. The summed E-state index contributed by atoms with van der Waals surface area (Å²) in [4.78, 5) is 0. The molecule has 2 atom stereocenters. The molecular formula is C19H28O2. The predicted molar refractivity (Wildman–Crippen MR) is 88.0 cm³/mol. The zero-order chi connectivity index (χ0) is 15.3. The molecular weight excluding hydrogens is 260 g/mol. The van der Waals surface area contributed by atoms with Crippen molar-refractivity contribution < 1.29 is 9.47 Å². The maximum Gasteiger partial charge on any atom is 0.115 e. The molecule has 0 N–H and O–H groups in total. The highest BCUT2D eigenvalue weighted by molar-refractivity contribution is 5.28. The second kappa shape index (κ2) is 7.13. The van der Waals surface area contributed by atoms with Gasteiger partial charge in [0.2, 0.25) is 0 Å². The van der Waals surface area contributed by atoms with E-state index in [-0.39, 0.29) is 11.5 Å². The zero-order valence-electron chi connectivity index (χ0n) is 13.6. The Morgan fingerprint density at radius 3 is 2.71 bits per heavy atom. The molecule has 0 aromatic heterocycles. The third-order valence-electron chi connectivity index (χ3n) is 4.28. The Labute approximate surface area is 129 Å². The van der Waals surface area contributed by atoms with Gasteiger partial charge in [-0.25, -0.2) is 0 Å². The topological polar surface area (TPSA) is 18.5 Å². The quantitative estimate of drug-likeness (QED) is 0.397. The van der Waals surface area contributed by atoms with Crippen LogP contribution in [0.4, 0.5) is 0 Å². The van der Waals surface area contributed by atoms with E-state index in [4.69, 9.17) is 9.47 Å². The lowest BCUT2D eigenvalue weighted by atomic mass is 9.79. The summed E-state index contributed by atoms with van der Waals surface area (Å²) in [6, 6.07) is 0. The lowest BCUT2D eigenvalue weighted by Gasteiger charge is -2.44. The van der Waals surface area contributed by atoms with Crippen molar-refractivity contribution in [3.8, 4) is 0 Å². The van der Waals surface area contributed by atoms with Gasteiger partial charge in [0.1, 0.15) is 5.76 Å². The Hall–Kier alpha value is -1.28. The Kier molecular flexibility index (Phi) is 5.46. The fraction of sp³-hybridized carbons (Fsp3) is 0.579. The molecule has 0 aromatic carbocycles. The predicted octanol–water partition coefficient (Wildman–Crippen LogP) is 4.80. The summed E-state index contributed by atoms with van der Waals surface area (Å²) in [5, 5.41) is 0. The normalized spacial score (nSPS) is 28.4. The van der Waals surface area contributed by atoms with Gasteiger partial charge in [0.05, 0.1) is 19.3 Å². The molecule has 0 bridgehead atoms. The lowest BCUT2D eigenvalue weighted by Crippen LogP contribution is -2.48. The van der Waals surface area contributed by atoms with Crippen molar-refractivity contribution in [3.63, 3.8) is 0 Å². The Morgan fingerprint density at radius 1 is 1.38 bits per heavy atom. The molecule has 0 radical (unpaired) electrons. The number of hydrogen-bond acceptors (Lipinski definition) is 2. The standard InChI is InChI=1S/C19H28O2/c1-5-17(20-13-16-9-7-6-8-10-16)12-11-15(2)18-19(3,4)14-21-18/h5-7,11-12,16,18H,2,8-10,13-14H2,1,3-4H3/b12-11-,17-5+. The van der Waals surface area contributed by atoms with Gasteiger partial charge in [0.15, 0.2) is 0 Å². The van der Waals surface area contributed by atoms with Crippen LogP contribution in [-0.4, -0.2) is 19.3 Å². The minimum absolute atomic E-state index is 0.135. The van der Waals surface area contributed by atoms with Gasteiger partial charge in [-0.2, -0.15) is 0 Å². The summed E-state index contributed by atoms with van der Waals surface area (Å²) in [6.45, 7) is 12.2. The molecule has 1 fully saturated rings. The molecule has 0 saturated carbocycles. The Bertz CT molecular complexity index is 454. The van der Waals surface area contributed by atoms with Gasteiger partial charge >= 0.3 is 0 Å². The third kappa shape index (κ3) is 4.34. The van der Waals surface area contributed by atoms with E-state index in [1.54, 1.807) is 0 Å². The third-order valence-corrected chi connectivity index (χ3v) is 4.28. The van der Waals surface area contributed by atoms with Crippen LogP contribution in [0, 0.1) is 11.3 Å². The molecule has 2 heteroatoms. The van der Waals surface area contributed by atoms with Crippen molar-refractivity contribution in [2.24, 2.45) is 11.3 Å². The van der Waals surface area contributed by atoms with Crippen molar-refractivity contribution in [1.82, 2.24) is 0 Å². The smallest absolute Gasteiger partial charge is 0.115 e. The van der Waals surface area contributed by atoms with E-state index >= 15 is 0 Å². The monoisotopic (exact) mass is 288 g/mol. The van der Waals surface area contributed by atoms with Gasteiger partial charge in [-0.1, -0.05) is 38.7 Å². The molecule has 2 aliphatic rings. The molecule has 2 nitrogen and oxygen atoms in total. The van der Waals surface area contributed by atoms with Gasteiger partial charge in [-0.15, -0.1) is 0 Å². The fourth-order valence-electron chi connectivity index (χ4n) is 2.83. The highest BCUT2D eigenvalue weighted by Gasteiger charge is 2.40. The van der Waals surface area contributed by atoms with Crippen LogP contribution in [0.5, 0.6) is 0 Å². The molecule has 116 valence electrons. The van der Waals surface area contributed by atoms with Gasteiger partial charge in [-0.3, -0.25) is 0 Å². The minimum Gasteiger partial charge on any atom is -0.494 e. The first-order valence-electron chi connectivity index (χ1n) is 7.95. The van der Waals surface area contributed by atoms with Crippen molar-refractivity contribution in [3.05, 3.63) is 48.3 Å². The van der Waals surface area contributed by atoms with Crippen LogP contribution in [0.1, 0.15) is 40.0 Å². The van der Waals surface area contributed by atoms with E-state index in [1.165, 1.54) is 12.8 Å². The summed E-state index contributed by atoms with van der Waals surface area (Å²) in [7, 11) is 0. The van der Waals surface area contributed by atoms with Gasteiger partial charge < -0.3 is 9.47 Å². The molecule has 1 heterocycles. The Morgan fingerprint density at radius 2 is 2.19 bits per heavy atom. The van der Waals surface area contributed by atoms with Crippen LogP contribution >= 0.6 is 0 Å². The van der Waals surface area contributed by atoms with Crippen LogP contribution < -0.4 is 0 Å². The number of hydrogen-bond donors (Lipinski definition) is 0. The molecule has 2 rings (SSSR count). The highest BCUT2D eigenvalue weighted by Crippen LogP contribution is 2.38. The minimum atomic E-state index is 0.135. The first-order valence-corrected chi connectivity index (χ1v) is 7.95. The van der Waals surface area contributed by atoms with Crippen LogP contribution in [0.3, 0.4) is 0 Å². The number of allylic oxidation sites excluding steroid dienone is 4. The molecule has 1 aliphatic heterocycles. The van der Waals surface area contributed by atoms with E-state index < -0.39 is 0 Å². The summed E-state index contributed by atoms with van der Waals surface area (Å²) in [5.74, 6) is 1.57. The van der Waals surface area contributed by atoms with Gasteiger partial charge in [0.25, 0.3) is 0 Å². The first kappa shape index (κ1) is 16.1. The fourth-order valence-corrected chi connectivity index (χ4v) is 2.83. The SMILES string of the molecule is C=C(/C=C\C(=C/C)OCC1CC=CCC1)C1OCC1(C)C. The summed E-state index contributed by atoms with van der Waals surface area (Å²) in [5.41, 5.74) is 1.22. The number of rotatable bonds is 6. The van der Waals surface area contributed by atoms with Crippen LogP contribution in [0.25, 0.3) is 0 Å². The van der Waals surface area contributed by atoms with Crippen molar-refractivity contribution in [1.29, 1.82) is 0 Å². The Balaban J connectivity index is 1.80. The summed E-state index contributed by atoms with van der Waals surface area (Å²) < 4.78 is 11.5. The van der Waals surface area contributed by atoms with Crippen LogP contribution in [0.15, 0.2) is 48.3 Å².